The van der Waals surface area contributed by atoms with Crippen LogP contribution < -0.4 is 10.5 Å². The van der Waals surface area contributed by atoms with Crippen molar-refractivity contribution >= 4 is 11.7 Å². The molecule has 0 fully saturated rings. The van der Waals surface area contributed by atoms with Crippen LogP contribution in [0, 0.1) is 5.92 Å². The van der Waals surface area contributed by atoms with Crippen molar-refractivity contribution in [1.82, 2.24) is 10.2 Å². The van der Waals surface area contributed by atoms with E-state index in [0.717, 1.165) is 11.3 Å². The number of hydrogen-bond acceptors (Lipinski definition) is 5. The summed E-state index contributed by atoms with van der Waals surface area (Å²) in [7, 11) is 3.88. The van der Waals surface area contributed by atoms with Crippen LogP contribution in [0.2, 0.25) is 0 Å². The summed E-state index contributed by atoms with van der Waals surface area (Å²) < 4.78 is 5.23. The van der Waals surface area contributed by atoms with Gasteiger partial charge in [-0.15, -0.1) is 0 Å². The lowest BCUT2D eigenvalue weighted by molar-refractivity contribution is -0.159. The lowest BCUT2D eigenvalue weighted by Crippen LogP contribution is -2.50. The third-order valence-electron chi connectivity index (χ3n) is 5.05. The Bertz CT molecular complexity index is 848. The van der Waals surface area contributed by atoms with E-state index in [0.29, 0.717) is 11.3 Å². The monoisotopic (exact) mass is 359 g/mol. The number of nitrogens with one attached hydrogen (secondary N) is 2. The second-order valence-electron chi connectivity index (χ2n) is 7.20. The predicted octanol–water partition coefficient (Wildman–Crippen LogP) is 1.39. The first kappa shape index (κ1) is 18.3. The fourth-order valence-electron chi connectivity index (χ4n) is 3.83. The Kier molecular flexibility index (Phi) is 4.66. The van der Waals surface area contributed by atoms with Crippen molar-refractivity contribution in [3.63, 3.8) is 0 Å². The summed E-state index contributed by atoms with van der Waals surface area (Å²) in [5.41, 5.74) is 1.31. The van der Waals surface area contributed by atoms with E-state index in [2.05, 4.69) is 10.2 Å². The molecule has 7 nitrogen and oxygen atoms in total. The SMILES string of the molecule is CCOC(=O)[C@H]1[C@H](c2ccc(N(C)C)cc2)c2c([nH][nH]c2=O)C[C@@]1(C)O. The minimum absolute atomic E-state index is 0.177. The number of aromatic amines is 2. The molecule has 0 unspecified atom stereocenters. The van der Waals surface area contributed by atoms with E-state index < -0.39 is 23.4 Å². The predicted molar refractivity (Wildman–Crippen MR) is 98.5 cm³/mol. The maximum Gasteiger partial charge on any atom is 0.312 e. The molecule has 0 amide bonds. The topological polar surface area (TPSA) is 98.4 Å². The molecule has 7 heteroatoms. The van der Waals surface area contributed by atoms with E-state index in [1.807, 2.05) is 43.3 Å². The van der Waals surface area contributed by atoms with Crippen LogP contribution in [0.5, 0.6) is 0 Å². The molecule has 3 N–H and O–H groups in total. The van der Waals surface area contributed by atoms with Crippen LogP contribution in [0.4, 0.5) is 5.69 Å². The molecule has 1 aromatic heterocycles. The zero-order valence-electron chi connectivity index (χ0n) is 15.5. The Labute approximate surface area is 152 Å². The van der Waals surface area contributed by atoms with E-state index in [9.17, 15) is 14.7 Å². The van der Waals surface area contributed by atoms with Gasteiger partial charge in [0, 0.05) is 43.4 Å². The Hall–Kier alpha value is -2.54. The van der Waals surface area contributed by atoms with E-state index >= 15 is 0 Å². The van der Waals surface area contributed by atoms with E-state index in [-0.39, 0.29) is 18.6 Å². The van der Waals surface area contributed by atoms with Gasteiger partial charge in [0.2, 0.25) is 0 Å². The molecule has 0 spiro atoms. The summed E-state index contributed by atoms with van der Waals surface area (Å²) >= 11 is 0. The largest absolute Gasteiger partial charge is 0.466 e. The number of esters is 1. The van der Waals surface area contributed by atoms with Crippen molar-refractivity contribution < 1.29 is 14.6 Å². The fraction of sp³-hybridized carbons (Fsp3) is 0.474. The first-order valence-electron chi connectivity index (χ1n) is 8.72. The van der Waals surface area contributed by atoms with Gasteiger partial charge in [0.05, 0.1) is 18.1 Å². The van der Waals surface area contributed by atoms with Crippen molar-refractivity contribution in [1.29, 1.82) is 0 Å². The number of carbonyl (C=O) groups is 1. The summed E-state index contributed by atoms with van der Waals surface area (Å²) in [5.74, 6) is -1.94. The van der Waals surface area contributed by atoms with Crippen molar-refractivity contribution in [3.05, 3.63) is 51.4 Å². The second kappa shape index (κ2) is 6.64. The first-order valence-corrected chi connectivity index (χ1v) is 8.72. The molecule has 0 saturated carbocycles. The fourth-order valence-corrected chi connectivity index (χ4v) is 3.83. The molecular formula is C19H25N3O4. The van der Waals surface area contributed by atoms with Crippen LogP contribution in [0.15, 0.2) is 29.1 Å². The van der Waals surface area contributed by atoms with Crippen molar-refractivity contribution in [2.24, 2.45) is 5.92 Å². The summed E-state index contributed by atoms with van der Waals surface area (Å²) in [6.45, 7) is 3.56. The minimum atomic E-state index is -1.34. The average molecular weight is 359 g/mol. The molecule has 26 heavy (non-hydrogen) atoms. The molecule has 1 aliphatic carbocycles. The van der Waals surface area contributed by atoms with Gasteiger partial charge < -0.3 is 19.8 Å². The highest BCUT2D eigenvalue weighted by Crippen LogP contribution is 2.44. The lowest BCUT2D eigenvalue weighted by Gasteiger charge is -2.40. The lowest BCUT2D eigenvalue weighted by atomic mass is 9.66. The number of fused-ring (bicyclic) bond motifs is 1. The Morgan fingerprint density at radius 3 is 2.54 bits per heavy atom. The number of H-pyrrole nitrogens is 2. The number of rotatable bonds is 4. The number of carbonyl (C=O) groups excluding carboxylic acids is 1. The summed E-state index contributed by atoms with van der Waals surface area (Å²) in [4.78, 5) is 27.1. The molecule has 0 aliphatic heterocycles. The summed E-state index contributed by atoms with van der Waals surface area (Å²) in [5, 5.41) is 16.4. The van der Waals surface area contributed by atoms with Gasteiger partial charge in [-0.3, -0.25) is 14.7 Å². The molecule has 0 bridgehead atoms. The zero-order valence-corrected chi connectivity index (χ0v) is 15.5. The number of ether oxygens (including phenoxy) is 1. The standard InChI is InChI=1S/C19H25N3O4/c1-5-26-18(24)16-14(11-6-8-12(9-7-11)22(3)4)15-13(10-19(16,2)25)20-21-17(15)23/h6-9,14,16,25H,5,10H2,1-4H3,(H2,20,21,23)/t14-,16-,19-/m1/s1. The molecule has 1 aromatic carbocycles. The smallest absolute Gasteiger partial charge is 0.312 e. The number of aromatic nitrogens is 2. The molecule has 1 heterocycles. The Morgan fingerprint density at radius 1 is 1.31 bits per heavy atom. The highest BCUT2D eigenvalue weighted by Gasteiger charge is 2.51. The third kappa shape index (κ3) is 3.03. The molecule has 0 radical (unpaired) electrons. The van der Waals surface area contributed by atoms with E-state index in [1.165, 1.54) is 0 Å². The highest BCUT2D eigenvalue weighted by molar-refractivity contribution is 5.77. The quantitative estimate of drug-likeness (QED) is 0.717. The number of nitrogens with zero attached hydrogens (tertiary/aromatic N) is 1. The molecule has 140 valence electrons. The van der Waals surface area contributed by atoms with Gasteiger partial charge in [-0.1, -0.05) is 12.1 Å². The highest BCUT2D eigenvalue weighted by atomic mass is 16.5. The van der Waals surface area contributed by atoms with Crippen LogP contribution >= 0.6 is 0 Å². The minimum Gasteiger partial charge on any atom is -0.466 e. The number of aliphatic hydroxyl groups is 1. The van der Waals surface area contributed by atoms with Crippen molar-refractivity contribution in [2.45, 2.75) is 31.8 Å². The van der Waals surface area contributed by atoms with E-state index in [1.54, 1.807) is 13.8 Å². The van der Waals surface area contributed by atoms with Crippen LogP contribution in [-0.2, 0) is 16.0 Å². The summed E-state index contributed by atoms with van der Waals surface area (Å²) in [6.07, 6.45) is 0.177. The molecule has 0 saturated heterocycles. The molecular weight excluding hydrogens is 334 g/mol. The van der Waals surface area contributed by atoms with Gasteiger partial charge in [0.1, 0.15) is 0 Å². The Balaban J connectivity index is 2.16. The van der Waals surface area contributed by atoms with Gasteiger partial charge in [-0.25, -0.2) is 0 Å². The average Bonchev–Trinajstić information content (AvgIpc) is 2.93. The Morgan fingerprint density at radius 2 is 1.96 bits per heavy atom. The summed E-state index contributed by atoms with van der Waals surface area (Å²) in [6, 6.07) is 7.65. The number of anilines is 1. The van der Waals surface area contributed by atoms with Crippen molar-refractivity contribution in [2.75, 3.05) is 25.6 Å². The van der Waals surface area contributed by atoms with Crippen molar-refractivity contribution in [3.8, 4) is 0 Å². The normalized spacial score (nSPS) is 24.8. The van der Waals surface area contributed by atoms with E-state index in [4.69, 9.17) is 4.74 Å². The van der Waals surface area contributed by atoms with Crippen LogP contribution in [0.3, 0.4) is 0 Å². The van der Waals surface area contributed by atoms with Gasteiger partial charge in [0.15, 0.2) is 0 Å². The van der Waals surface area contributed by atoms with Gasteiger partial charge in [-0.05, 0) is 31.5 Å². The maximum absolute atomic E-state index is 12.7. The van der Waals surface area contributed by atoms with Gasteiger partial charge in [-0.2, -0.15) is 0 Å². The molecule has 3 atom stereocenters. The van der Waals surface area contributed by atoms with Gasteiger partial charge >= 0.3 is 5.97 Å². The zero-order chi connectivity index (χ0) is 19.1. The first-order chi connectivity index (χ1) is 12.3. The second-order valence-corrected chi connectivity index (χ2v) is 7.20. The molecule has 2 aromatic rings. The molecule has 3 rings (SSSR count). The van der Waals surface area contributed by atoms with Crippen LogP contribution in [0.25, 0.3) is 0 Å². The van der Waals surface area contributed by atoms with Crippen LogP contribution in [0.1, 0.15) is 36.6 Å². The van der Waals surface area contributed by atoms with Crippen LogP contribution in [-0.4, -0.2) is 47.6 Å². The third-order valence-corrected chi connectivity index (χ3v) is 5.05. The maximum atomic E-state index is 12.7. The molecule has 1 aliphatic rings. The van der Waals surface area contributed by atoms with Gasteiger partial charge in [0.25, 0.3) is 5.56 Å². The number of hydrogen-bond donors (Lipinski definition) is 3. The number of benzene rings is 1.